The van der Waals surface area contributed by atoms with E-state index in [1.165, 1.54) is 6.20 Å². The molecule has 2 heterocycles. The van der Waals surface area contributed by atoms with Crippen LogP contribution in [0.3, 0.4) is 0 Å². The molecule has 2 rings (SSSR count). The summed E-state index contributed by atoms with van der Waals surface area (Å²) in [5.41, 5.74) is 1.65. The van der Waals surface area contributed by atoms with Gasteiger partial charge in [-0.25, -0.2) is 0 Å². The number of anilines is 1. The van der Waals surface area contributed by atoms with Crippen molar-refractivity contribution >= 4 is 27.7 Å². The molecule has 5 nitrogen and oxygen atoms in total. The van der Waals surface area contributed by atoms with Crippen LogP contribution in [0.5, 0.6) is 0 Å². The number of nitrogens with one attached hydrogen (secondary N) is 1. The molecule has 0 fully saturated rings. The van der Waals surface area contributed by atoms with Crippen molar-refractivity contribution in [3.63, 3.8) is 0 Å². The van der Waals surface area contributed by atoms with Crippen molar-refractivity contribution in [1.29, 1.82) is 0 Å². The number of carbonyl (C=O) groups excluding carboxylic acids is 1. The van der Waals surface area contributed by atoms with Gasteiger partial charge in [0.25, 0.3) is 0 Å². The van der Waals surface area contributed by atoms with E-state index >= 15 is 0 Å². The van der Waals surface area contributed by atoms with Gasteiger partial charge in [-0.3, -0.25) is 14.5 Å². The van der Waals surface area contributed by atoms with Gasteiger partial charge >= 0.3 is 6.18 Å². The molecule has 0 saturated carbocycles. The van der Waals surface area contributed by atoms with Gasteiger partial charge in [0.05, 0.1) is 10.9 Å². The maximum Gasteiger partial charge on any atom is 0.408 e. The van der Waals surface area contributed by atoms with Crippen LogP contribution in [0.1, 0.15) is 11.1 Å². The third-order valence-corrected chi connectivity index (χ3v) is 3.39. The number of nitrogens with zero attached hydrogens (tertiary/aromatic N) is 3. The summed E-state index contributed by atoms with van der Waals surface area (Å²) in [4.78, 5) is 15.9. The van der Waals surface area contributed by atoms with Crippen molar-refractivity contribution in [3.8, 4) is 0 Å². The molecule has 1 N–H and O–H groups in total. The molecule has 0 aliphatic heterocycles. The van der Waals surface area contributed by atoms with E-state index in [1.807, 2.05) is 6.92 Å². The van der Waals surface area contributed by atoms with Crippen molar-refractivity contribution in [3.05, 3.63) is 40.3 Å². The average molecular weight is 377 g/mol. The smallest absolute Gasteiger partial charge is 0.308 e. The number of carbonyl (C=O) groups is 1. The summed E-state index contributed by atoms with van der Waals surface area (Å²) in [6, 6.07) is 1.77. The molecule has 0 radical (unpaired) electrons. The van der Waals surface area contributed by atoms with Gasteiger partial charge in [0.2, 0.25) is 5.91 Å². The summed E-state index contributed by atoms with van der Waals surface area (Å²) in [6.45, 7) is 0.626. The van der Waals surface area contributed by atoms with Crippen LogP contribution in [0.25, 0.3) is 0 Å². The molecule has 9 heteroatoms. The zero-order valence-electron chi connectivity index (χ0n) is 11.5. The third-order valence-electron chi connectivity index (χ3n) is 2.81. The van der Waals surface area contributed by atoms with Crippen LogP contribution in [0.2, 0.25) is 0 Å². The summed E-state index contributed by atoms with van der Waals surface area (Å²) < 4.78 is 37.9. The molecule has 2 aromatic heterocycles. The molecule has 1 amide bonds. The molecular formula is C13H12BrF3N4O. The summed E-state index contributed by atoms with van der Waals surface area (Å²) in [7, 11) is 0. The summed E-state index contributed by atoms with van der Waals surface area (Å²) in [5, 5.41) is 6.18. The quantitative estimate of drug-likeness (QED) is 0.891. The standard InChI is InChI=1S/C13H12BrF3N4O/c1-8-2-3-18-5-9(8)4-11(22)19-12-10(14)6-21(20-12)7-13(15,16)17/h2-3,5-6H,4,7H2,1H3,(H,19,20,22). The summed E-state index contributed by atoms with van der Waals surface area (Å²) in [5.74, 6) is -0.329. The van der Waals surface area contributed by atoms with E-state index < -0.39 is 12.7 Å². The van der Waals surface area contributed by atoms with Gasteiger partial charge in [-0.15, -0.1) is 0 Å². The molecule has 0 aliphatic rings. The van der Waals surface area contributed by atoms with E-state index in [4.69, 9.17) is 0 Å². The second kappa shape index (κ2) is 6.47. The minimum absolute atomic E-state index is 0.0517. The van der Waals surface area contributed by atoms with Crippen LogP contribution in [0, 0.1) is 6.92 Å². The normalized spacial score (nSPS) is 11.5. The highest BCUT2D eigenvalue weighted by Gasteiger charge is 2.29. The first-order chi connectivity index (χ1) is 10.2. The molecular weight excluding hydrogens is 365 g/mol. The van der Waals surface area contributed by atoms with E-state index in [1.54, 1.807) is 18.5 Å². The predicted octanol–water partition coefficient (Wildman–Crippen LogP) is 3.09. The lowest BCUT2D eigenvalue weighted by Crippen LogP contribution is -2.19. The largest absolute Gasteiger partial charge is 0.408 e. The lowest BCUT2D eigenvalue weighted by atomic mass is 10.1. The van der Waals surface area contributed by atoms with Crippen molar-refractivity contribution in [2.45, 2.75) is 26.1 Å². The number of hydrogen-bond acceptors (Lipinski definition) is 3. The number of pyridine rings is 1. The van der Waals surface area contributed by atoms with Crippen LogP contribution in [-0.4, -0.2) is 26.8 Å². The fourth-order valence-corrected chi connectivity index (χ4v) is 2.19. The molecule has 0 spiro atoms. The fraction of sp³-hybridized carbons (Fsp3) is 0.308. The Bertz CT molecular complexity index is 684. The van der Waals surface area contributed by atoms with Crippen LogP contribution in [0.4, 0.5) is 19.0 Å². The van der Waals surface area contributed by atoms with Crippen LogP contribution in [0.15, 0.2) is 29.1 Å². The lowest BCUT2D eigenvalue weighted by Gasteiger charge is -2.06. The highest BCUT2D eigenvalue weighted by molar-refractivity contribution is 9.10. The number of hydrogen-bond donors (Lipinski definition) is 1. The Kier molecular flexibility index (Phi) is 4.84. The van der Waals surface area contributed by atoms with E-state index in [2.05, 4.69) is 31.3 Å². The Morgan fingerprint density at radius 3 is 2.82 bits per heavy atom. The first-order valence-corrected chi connectivity index (χ1v) is 7.03. The second-order valence-electron chi connectivity index (χ2n) is 4.67. The number of aryl methyl sites for hydroxylation is 1. The summed E-state index contributed by atoms with van der Waals surface area (Å²) >= 11 is 3.08. The molecule has 0 aromatic carbocycles. The monoisotopic (exact) mass is 376 g/mol. The number of rotatable bonds is 4. The average Bonchev–Trinajstić information content (AvgIpc) is 2.70. The van der Waals surface area contributed by atoms with Crippen molar-refractivity contribution in [2.75, 3.05) is 5.32 Å². The lowest BCUT2D eigenvalue weighted by molar-refractivity contribution is -0.142. The molecule has 0 bridgehead atoms. The van der Waals surface area contributed by atoms with E-state index in [0.717, 1.165) is 15.8 Å². The van der Waals surface area contributed by atoms with Crippen LogP contribution < -0.4 is 5.32 Å². The van der Waals surface area contributed by atoms with Gasteiger partial charge in [0.15, 0.2) is 5.82 Å². The maximum absolute atomic E-state index is 12.3. The van der Waals surface area contributed by atoms with Crippen molar-refractivity contribution in [2.24, 2.45) is 0 Å². The molecule has 118 valence electrons. The Balaban J connectivity index is 2.04. The molecule has 0 unspecified atom stereocenters. The number of alkyl halides is 3. The highest BCUT2D eigenvalue weighted by atomic mass is 79.9. The van der Waals surface area contributed by atoms with Gasteiger partial charge < -0.3 is 5.32 Å². The second-order valence-corrected chi connectivity index (χ2v) is 5.52. The predicted molar refractivity (Wildman–Crippen MR) is 77.3 cm³/mol. The Labute approximate surface area is 132 Å². The van der Waals surface area contributed by atoms with Crippen molar-refractivity contribution < 1.29 is 18.0 Å². The van der Waals surface area contributed by atoms with Crippen molar-refractivity contribution in [1.82, 2.24) is 14.8 Å². The molecule has 0 aliphatic carbocycles. The van der Waals surface area contributed by atoms with Gasteiger partial charge in [-0.05, 0) is 40.0 Å². The SMILES string of the molecule is Cc1ccncc1CC(=O)Nc1nn(CC(F)(F)F)cc1Br. The van der Waals surface area contributed by atoms with Crippen LogP contribution in [-0.2, 0) is 17.8 Å². The first-order valence-electron chi connectivity index (χ1n) is 6.23. The Morgan fingerprint density at radius 2 is 2.18 bits per heavy atom. The highest BCUT2D eigenvalue weighted by Crippen LogP contribution is 2.23. The van der Waals surface area contributed by atoms with Crippen LogP contribution >= 0.6 is 15.9 Å². The topological polar surface area (TPSA) is 59.8 Å². The van der Waals surface area contributed by atoms with E-state index in [0.29, 0.717) is 0 Å². The Hall–Kier alpha value is -1.90. The number of halogens is 4. The minimum atomic E-state index is -4.38. The van der Waals surface area contributed by atoms with Gasteiger partial charge in [0.1, 0.15) is 6.54 Å². The molecule has 0 saturated heterocycles. The molecule has 22 heavy (non-hydrogen) atoms. The minimum Gasteiger partial charge on any atom is -0.308 e. The molecule has 0 atom stereocenters. The number of amides is 1. The first kappa shape index (κ1) is 16.5. The third kappa shape index (κ3) is 4.55. The maximum atomic E-state index is 12.3. The fourth-order valence-electron chi connectivity index (χ4n) is 1.78. The zero-order valence-corrected chi connectivity index (χ0v) is 13.1. The number of aromatic nitrogens is 3. The summed E-state index contributed by atoms with van der Waals surface area (Å²) in [6.07, 6.45) is 0.0502. The van der Waals surface area contributed by atoms with Gasteiger partial charge in [-0.2, -0.15) is 18.3 Å². The zero-order chi connectivity index (χ0) is 16.3. The van der Waals surface area contributed by atoms with Gasteiger partial charge in [0, 0.05) is 18.6 Å². The Morgan fingerprint density at radius 1 is 1.45 bits per heavy atom. The van der Waals surface area contributed by atoms with Gasteiger partial charge in [-0.1, -0.05) is 0 Å². The van der Waals surface area contributed by atoms with E-state index in [9.17, 15) is 18.0 Å². The molecule has 2 aromatic rings. The van der Waals surface area contributed by atoms with E-state index in [-0.39, 0.29) is 22.6 Å².